The zero-order valence-corrected chi connectivity index (χ0v) is 20.4. The highest BCUT2D eigenvalue weighted by molar-refractivity contribution is 6.08. The van der Waals surface area contributed by atoms with Crippen molar-refractivity contribution >= 4 is 40.2 Å². The minimum atomic E-state index is -4.78. The maximum absolute atomic E-state index is 13.3. The number of amides is 2. The van der Waals surface area contributed by atoms with Crippen LogP contribution < -0.4 is 16.4 Å². The molecule has 5 N–H and O–H groups in total. The number of hydrogen-bond donors (Lipinski definition) is 4. The Morgan fingerprint density at radius 3 is 2.52 bits per heavy atom. The number of nitrogens with zero attached hydrogens (tertiary/aromatic N) is 3. The van der Waals surface area contributed by atoms with E-state index >= 15 is 0 Å². The Morgan fingerprint density at radius 1 is 1.10 bits per heavy atom. The maximum atomic E-state index is 13.3. The number of carboxylic acid groups (broad SMARTS) is 1. The Kier molecular flexibility index (Phi) is 6.40. The third kappa shape index (κ3) is 4.79. The molecule has 14 heteroatoms. The van der Waals surface area contributed by atoms with Gasteiger partial charge in [-0.25, -0.2) is 9.18 Å². The van der Waals surface area contributed by atoms with Crippen LogP contribution in [0.5, 0.6) is 0 Å². The number of benzene rings is 1. The van der Waals surface area contributed by atoms with Gasteiger partial charge in [0.25, 0.3) is 0 Å². The quantitative estimate of drug-likeness (QED) is 0.190. The number of alkyl halides is 3. The number of rotatable bonds is 8. The first-order valence-corrected chi connectivity index (χ1v) is 11.8. The van der Waals surface area contributed by atoms with Gasteiger partial charge in [-0.2, -0.15) is 13.2 Å². The second-order valence-electron chi connectivity index (χ2n) is 9.25. The van der Waals surface area contributed by atoms with E-state index in [9.17, 15) is 37.1 Å². The van der Waals surface area contributed by atoms with Gasteiger partial charge in [0, 0.05) is 12.4 Å². The number of carbonyl (C=O) groups is 3. The Balaban J connectivity index is 1.28. The summed E-state index contributed by atoms with van der Waals surface area (Å²) < 4.78 is 54.7. The highest BCUT2D eigenvalue weighted by atomic mass is 19.4. The van der Waals surface area contributed by atoms with E-state index < -0.39 is 46.8 Å². The van der Waals surface area contributed by atoms with Crippen molar-refractivity contribution in [2.75, 3.05) is 5.32 Å². The summed E-state index contributed by atoms with van der Waals surface area (Å²) in [6.45, 7) is -0.109. The van der Waals surface area contributed by atoms with Gasteiger partial charge in [0.2, 0.25) is 11.8 Å². The normalized spacial score (nSPS) is 18.4. The molecular formula is C26H20F4N6O4. The fourth-order valence-corrected chi connectivity index (χ4v) is 4.57. The molecular weight excluding hydrogens is 536 g/mol. The van der Waals surface area contributed by atoms with Gasteiger partial charge in [0.15, 0.2) is 0 Å². The topological polar surface area (TPSA) is 152 Å². The van der Waals surface area contributed by atoms with Crippen LogP contribution in [0.2, 0.25) is 0 Å². The number of primary amides is 1. The number of hydrogen-bond acceptors (Lipinski definition) is 6. The Bertz CT molecular complexity index is 1650. The number of fused-ring (bicyclic) bond motifs is 1. The van der Waals surface area contributed by atoms with Crippen LogP contribution in [0.1, 0.15) is 34.1 Å². The molecule has 5 rings (SSSR count). The number of nitrogens with two attached hydrogens (primary N) is 1. The second kappa shape index (κ2) is 9.63. The number of halogens is 4. The van der Waals surface area contributed by atoms with Gasteiger partial charge in [-0.15, -0.1) is 0 Å². The van der Waals surface area contributed by atoms with E-state index in [0.29, 0.717) is 22.8 Å². The molecule has 4 aromatic rings. The molecule has 2 atom stereocenters. The first-order chi connectivity index (χ1) is 18.9. The van der Waals surface area contributed by atoms with Gasteiger partial charge in [-0.05, 0) is 48.9 Å². The van der Waals surface area contributed by atoms with Crippen molar-refractivity contribution in [3.05, 3.63) is 83.7 Å². The Morgan fingerprint density at radius 2 is 1.88 bits per heavy atom. The first kappa shape index (κ1) is 26.6. The molecule has 40 heavy (non-hydrogen) atoms. The lowest BCUT2D eigenvalue weighted by Gasteiger charge is -2.16. The van der Waals surface area contributed by atoms with Gasteiger partial charge in [0.1, 0.15) is 11.2 Å². The molecule has 3 heterocycles. The van der Waals surface area contributed by atoms with Crippen LogP contribution in [-0.4, -0.2) is 37.4 Å². The number of aromatic nitrogens is 3. The van der Waals surface area contributed by atoms with Crippen molar-refractivity contribution in [3.63, 3.8) is 0 Å². The lowest BCUT2D eigenvalue weighted by atomic mass is 10.0. The lowest BCUT2D eigenvalue weighted by Crippen LogP contribution is -2.42. The number of carbonyl (C=O) groups excluding carboxylic acids is 2. The van der Waals surface area contributed by atoms with Crippen molar-refractivity contribution in [1.29, 1.82) is 0 Å². The van der Waals surface area contributed by atoms with Crippen LogP contribution in [0.25, 0.3) is 11.0 Å². The number of anilines is 2. The Labute approximate surface area is 222 Å². The lowest BCUT2D eigenvalue weighted by molar-refractivity contribution is -0.137. The highest BCUT2D eigenvalue weighted by Gasteiger charge is 2.66. The van der Waals surface area contributed by atoms with Crippen LogP contribution in [0.15, 0.2) is 61.1 Å². The summed E-state index contributed by atoms with van der Waals surface area (Å²) in [5.74, 6) is -3.71. The molecule has 0 saturated heterocycles. The van der Waals surface area contributed by atoms with Gasteiger partial charge in [-0.3, -0.25) is 19.6 Å². The number of nitrogens with one attached hydrogen (secondary N) is 2. The van der Waals surface area contributed by atoms with Crippen molar-refractivity contribution in [2.24, 2.45) is 11.1 Å². The molecule has 0 radical (unpaired) electrons. The van der Waals surface area contributed by atoms with Gasteiger partial charge in [-0.1, -0.05) is 0 Å². The van der Waals surface area contributed by atoms with Crippen LogP contribution in [0.4, 0.5) is 28.9 Å². The molecule has 1 fully saturated rings. The van der Waals surface area contributed by atoms with Crippen molar-refractivity contribution in [2.45, 2.75) is 25.2 Å². The molecule has 1 saturated carbocycles. The van der Waals surface area contributed by atoms with Gasteiger partial charge < -0.3 is 26.0 Å². The molecule has 1 aliphatic carbocycles. The summed E-state index contributed by atoms with van der Waals surface area (Å²) in [6.07, 6.45) is -0.636. The van der Waals surface area contributed by atoms with E-state index in [0.717, 1.165) is 12.1 Å². The van der Waals surface area contributed by atoms with Crippen molar-refractivity contribution in [1.82, 2.24) is 19.9 Å². The largest absolute Gasteiger partial charge is 0.478 e. The molecule has 1 aliphatic rings. The highest BCUT2D eigenvalue weighted by Crippen LogP contribution is 2.57. The third-order valence-electron chi connectivity index (χ3n) is 6.74. The van der Waals surface area contributed by atoms with E-state index in [-0.39, 0.29) is 29.9 Å². The van der Waals surface area contributed by atoms with E-state index in [1.165, 1.54) is 30.6 Å². The van der Waals surface area contributed by atoms with Crippen molar-refractivity contribution in [3.8, 4) is 0 Å². The zero-order chi connectivity index (χ0) is 28.8. The standard InChI is InChI=1S/C26H20F4N6O4/c27-14-1-4-18(17(8-14)26(28,29)30)35-16-3-2-15(32-12-16)11-34-24(40)25(23(31)39)9-21(25)36-6-5-19-20(36)7-13(10-33-19)22(37)38/h1-8,10,12,21,35H,9,11H2,(H2,31,39)(H,34,40)(H,37,38). The fourth-order valence-electron chi connectivity index (χ4n) is 4.57. The van der Waals surface area contributed by atoms with Gasteiger partial charge in [0.05, 0.1) is 58.0 Å². The summed E-state index contributed by atoms with van der Waals surface area (Å²) in [7, 11) is 0. The van der Waals surface area contributed by atoms with Crippen LogP contribution in [0, 0.1) is 11.2 Å². The number of aromatic carboxylic acids is 1. The Hall–Kier alpha value is -5.01. The maximum Gasteiger partial charge on any atom is 0.418 e. The predicted octanol–water partition coefficient (Wildman–Crippen LogP) is 3.76. The summed E-state index contributed by atoms with van der Waals surface area (Å²) in [5.41, 5.74) is 3.89. The van der Waals surface area contributed by atoms with Crippen LogP contribution in [-0.2, 0) is 22.3 Å². The average molecular weight is 556 g/mol. The first-order valence-electron chi connectivity index (χ1n) is 11.8. The summed E-state index contributed by atoms with van der Waals surface area (Å²) in [4.78, 5) is 45.1. The molecule has 206 valence electrons. The van der Waals surface area contributed by atoms with E-state index in [4.69, 9.17) is 5.73 Å². The van der Waals surface area contributed by atoms with Crippen LogP contribution in [0.3, 0.4) is 0 Å². The molecule has 3 aromatic heterocycles. The van der Waals surface area contributed by atoms with Crippen LogP contribution >= 0.6 is 0 Å². The molecule has 10 nitrogen and oxygen atoms in total. The van der Waals surface area contributed by atoms with Gasteiger partial charge >= 0.3 is 12.1 Å². The summed E-state index contributed by atoms with van der Waals surface area (Å²) in [5, 5.41) is 14.4. The molecule has 0 bridgehead atoms. The molecule has 0 spiro atoms. The minimum Gasteiger partial charge on any atom is -0.478 e. The van der Waals surface area contributed by atoms with E-state index in [2.05, 4.69) is 20.6 Å². The molecule has 2 unspecified atom stereocenters. The third-order valence-corrected chi connectivity index (χ3v) is 6.74. The summed E-state index contributed by atoms with van der Waals surface area (Å²) >= 11 is 0. The monoisotopic (exact) mass is 556 g/mol. The fraction of sp³-hybridized carbons (Fsp3) is 0.192. The molecule has 1 aromatic carbocycles. The predicted molar refractivity (Wildman–Crippen MR) is 133 cm³/mol. The zero-order valence-electron chi connectivity index (χ0n) is 20.4. The average Bonchev–Trinajstić information content (AvgIpc) is 3.53. The number of carboxylic acids is 1. The number of pyridine rings is 2. The SMILES string of the molecule is NC(=O)C1(C(=O)NCc2ccc(Nc3ccc(F)cc3C(F)(F)F)cn2)CC1n1ccc2ncc(C(=O)O)cc21. The smallest absolute Gasteiger partial charge is 0.418 e. The van der Waals surface area contributed by atoms with E-state index in [1.54, 1.807) is 16.8 Å². The van der Waals surface area contributed by atoms with Crippen molar-refractivity contribution < 1.29 is 37.1 Å². The summed E-state index contributed by atoms with van der Waals surface area (Å²) in [6, 6.07) is 7.51. The van der Waals surface area contributed by atoms with E-state index in [1.807, 2.05) is 0 Å². The second-order valence-corrected chi connectivity index (χ2v) is 9.25. The minimum absolute atomic E-state index is 0.0553. The molecule has 2 amide bonds. The molecule has 0 aliphatic heterocycles.